The van der Waals surface area contributed by atoms with Gasteiger partial charge in [-0.2, -0.15) is 0 Å². The van der Waals surface area contributed by atoms with E-state index in [0.29, 0.717) is 25.5 Å². The number of amides is 1. The Morgan fingerprint density at radius 1 is 1.57 bits per heavy atom. The van der Waals surface area contributed by atoms with E-state index in [1.54, 1.807) is 18.3 Å². The van der Waals surface area contributed by atoms with Crippen LogP contribution in [0.5, 0.6) is 0 Å². The summed E-state index contributed by atoms with van der Waals surface area (Å²) < 4.78 is 10.8. The third-order valence-corrected chi connectivity index (χ3v) is 3.45. The Kier molecular flexibility index (Phi) is 5.66. The highest BCUT2D eigenvalue weighted by atomic mass is 79.9. The highest BCUT2D eigenvalue weighted by molar-refractivity contribution is 9.10. The topological polar surface area (TPSA) is 80.8 Å². The van der Waals surface area contributed by atoms with Crippen LogP contribution in [0.15, 0.2) is 22.8 Å². The van der Waals surface area contributed by atoms with E-state index in [9.17, 15) is 9.59 Å². The summed E-state index contributed by atoms with van der Waals surface area (Å²) in [5.41, 5.74) is 0. The molecule has 0 spiro atoms. The number of rotatable bonds is 4. The lowest BCUT2D eigenvalue weighted by molar-refractivity contribution is -0.160. The molecule has 1 amide bonds. The third kappa shape index (κ3) is 4.76. The first kappa shape index (κ1) is 15.9. The molecule has 1 unspecified atom stereocenters. The smallest absolute Gasteiger partial charge is 0.336 e. The SMILES string of the molecule is COC(=O)C1CN(CC(=O)Nc2ccc(Br)cn2)CCO1. The van der Waals surface area contributed by atoms with Crippen LogP contribution in [0, 0.1) is 0 Å². The van der Waals surface area contributed by atoms with Gasteiger partial charge in [0.15, 0.2) is 6.10 Å². The molecule has 7 nitrogen and oxygen atoms in total. The van der Waals surface area contributed by atoms with Crippen molar-refractivity contribution in [2.45, 2.75) is 6.10 Å². The minimum atomic E-state index is -0.637. The lowest BCUT2D eigenvalue weighted by atomic mass is 10.2. The molecule has 0 aliphatic carbocycles. The number of halogens is 1. The average Bonchev–Trinajstić information content (AvgIpc) is 2.49. The lowest BCUT2D eigenvalue weighted by Gasteiger charge is -2.30. The predicted molar refractivity (Wildman–Crippen MR) is 78.8 cm³/mol. The number of nitrogens with zero attached hydrogens (tertiary/aromatic N) is 2. The zero-order valence-corrected chi connectivity index (χ0v) is 13.1. The first-order chi connectivity index (χ1) is 10.1. The molecule has 1 fully saturated rings. The Morgan fingerprint density at radius 3 is 3.05 bits per heavy atom. The molecule has 0 saturated carbocycles. The van der Waals surface area contributed by atoms with Crippen molar-refractivity contribution in [1.29, 1.82) is 0 Å². The van der Waals surface area contributed by atoms with E-state index >= 15 is 0 Å². The number of carbonyl (C=O) groups is 2. The van der Waals surface area contributed by atoms with Gasteiger partial charge < -0.3 is 14.8 Å². The number of anilines is 1. The van der Waals surface area contributed by atoms with Crippen molar-refractivity contribution in [2.75, 3.05) is 38.7 Å². The van der Waals surface area contributed by atoms with E-state index in [1.807, 2.05) is 4.90 Å². The number of esters is 1. The molecule has 21 heavy (non-hydrogen) atoms. The number of morpholine rings is 1. The summed E-state index contributed by atoms with van der Waals surface area (Å²) in [6, 6.07) is 3.50. The van der Waals surface area contributed by atoms with Crippen molar-refractivity contribution < 1.29 is 19.1 Å². The number of carbonyl (C=O) groups excluding carboxylic acids is 2. The fourth-order valence-electron chi connectivity index (χ4n) is 1.96. The normalized spacial score (nSPS) is 19.0. The van der Waals surface area contributed by atoms with Gasteiger partial charge in [-0.15, -0.1) is 0 Å². The van der Waals surface area contributed by atoms with Gasteiger partial charge in [0.2, 0.25) is 5.91 Å². The standard InChI is InChI=1S/C13H16BrN3O4/c1-20-13(19)10-7-17(4-5-21-10)8-12(18)16-11-3-2-9(14)6-15-11/h2-3,6,10H,4-5,7-8H2,1H3,(H,15,16,18). The number of ether oxygens (including phenoxy) is 2. The van der Waals surface area contributed by atoms with Crippen LogP contribution in [-0.2, 0) is 19.1 Å². The Morgan fingerprint density at radius 2 is 2.38 bits per heavy atom. The molecular formula is C13H16BrN3O4. The van der Waals surface area contributed by atoms with Crippen LogP contribution in [0.4, 0.5) is 5.82 Å². The zero-order valence-electron chi connectivity index (χ0n) is 11.5. The van der Waals surface area contributed by atoms with E-state index in [0.717, 1.165) is 4.47 Å². The molecule has 1 saturated heterocycles. The largest absolute Gasteiger partial charge is 0.467 e. The summed E-state index contributed by atoms with van der Waals surface area (Å²) in [6.07, 6.45) is 0.972. The van der Waals surface area contributed by atoms with Crippen molar-refractivity contribution in [2.24, 2.45) is 0 Å². The summed E-state index contributed by atoms with van der Waals surface area (Å²) in [5.74, 6) is -0.119. The number of hydrogen-bond acceptors (Lipinski definition) is 6. The second-order valence-electron chi connectivity index (χ2n) is 4.53. The number of hydrogen-bond donors (Lipinski definition) is 1. The zero-order chi connectivity index (χ0) is 15.2. The van der Waals surface area contributed by atoms with Gasteiger partial charge in [-0.1, -0.05) is 0 Å². The first-order valence-electron chi connectivity index (χ1n) is 6.41. The number of nitrogens with one attached hydrogen (secondary N) is 1. The maximum absolute atomic E-state index is 12.0. The highest BCUT2D eigenvalue weighted by Crippen LogP contribution is 2.11. The van der Waals surface area contributed by atoms with Crippen LogP contribution in [0.1, 0.15) is 0 Å². The first-order valence-corrected chi connectivity index (χ1v) is 7.21. The molecule has 1 N–H and O–H groups in total. The van der Waals surface area contributed by atoms with Crippen LogP contribution in [0.2, 0.25) is 0 Å². The quantitative estimate of drug-likeness (QED) is 0.797. The van der Waals surface area contributed by atoms with Crippen molar-refractivity contribution >= 4 is 33.6 Å². The van der Waals surface area contributed by atoms with Crippen LogP contribution in [-0.4, -0.2) is 61.2 Å². The number of aromatic nitrogens is 1. The Bertz CT molecular complexity index is 509. The summed E-state index contributed by atoms with van der Waals surface area (Å²) >= 11 is 3.28. The average molecular weight is 358 g/mol. The second-order valence-corrected chi connectivity index (χ2v) is 5.44. The van der Waals surface area contributed by atoms with Crippen molar-refractivity contribution in [1.82, 2.24) is 9.88 Å². The fourth-order valence-corrected chi connectivity index (χ4v) is 2.19. The Balaban J connectivity index is 1.84. The molecule has 0 aromatic carbocycles. The molecule has 1 aromatic heterocycles. The van der Waals surface area contributed by atoms with Crippen molar-refractivity contribution in [3.8, 4) is 0 Å². The van der Waals surface area contributed by atoms with Gasteiger partial charge in [-0.25, -0.2) is 9.78 Å². The summed E-state index contributed by atoms with van der Waals surface area (Å²) in [5, 5.41) is 2.70. The minimum Gasteiger partial charge on any atom is -0.467 e. The molecule has 1 aliphatic heterocycles. The monoisotopic (exact) mass is 357 g/mol. The Labute approximate surface area is 130 Å². The molecule has 1 aromatic rings. The van der Waals surface area contributed by atoms with Crippen LogP contribution in [0.3, 0.4) is 0 Å². The van der Waals surface area contributed by atoms with Gasteiger partial charge in [-0.05, 0) is 28.1 Å². The predicted octanol–water partition coefficient (Wildman–Crippen LogP) is 0.656. The number of pyridine rings is 1. The minimum absolute atomic E-state index is 0.175. The van der Waals surface area contributed by atoms with Gasteiger partial charge in [0.25, 0.3) is 0 Å². The maximum atomic E-state index is 12.0. The van der Waals surface area contributed by atoms with Crippen molar-refractivity contribution in [3.05, 3.63) is 22.8 Å². The van der Waals surface area contributed by atoms with E-state index in [1.165, 1.54) is 7.11 Å². The summed E-state index contributed by atoms with van der Waals surface area (Å²) in [6.45, 7) is 1.50. The third-order valence-electron chi connectivity index (χ3n) is 2.98. The molecular weight excluding hydrogens is 342 g/mol. The lowest BCUT2D eigenvalue weighted by Crippen LogP contribution is -2.48. The van der Waals surface area contributed by atoms with E-state index in [4.69, 9.17) is 4.74 Å². The number of methoxy groups -OCH3 is 1. The van der Waals surface area contributed by atoms with Gasteiger partial charge in [0.1, 0.15) is 5.82 Å². The second kappa shape index (κ2) is 7.48. The molecule has 2 heterocycles. The Hall–Kier alpha value is -1.51. The molecule has 0 radical (unpaired) electrons. The summed E-state index contributed by atoms with van der Waals surface area (Å²) in [4.78, 5) is 29.3. The van der Waals surface area contributed by atoms with Crippen LogP contribution in [0.25, 0.3) is 0 Å². The van der Waals surface area contributed by atoms with Gasteiger partial charge >= 0.3 is 5.97 Å². The van der Waals surface area contributed by atoms with E-state index in [-0.39, 0.29) is 12.5 Å². The highest BCUT2D eigenvalue weighted by Gasteiger charge is 2.28. The van der Waals surface area contributed by atoms with Gasteiger partial charge in [0.05, 0.1) is 20.3 Å². The molecule has 1 aliphatic rings. The summed E-state index contributed by atoms with van der Waals surface area (Å²) in [7, 11) is 1.32. The van der Waals surface area contributed by atoms with E-state index in [2.05, 4.69) is 31.0 Å². The van der Waals surface area contributed by atoms with E-state index < -0.39 is 12.1 Å². The van der Waals surface area contributed by atoms with Gasteiger partial charge in [0, 0.05) is 23.8 Å². The van der Waals surface area contributed by atoms with Crippen LogP contribution >= 0.6 is 15.9 Å². The van der Waals surface area contributed by atoms with Crippen LogP contribution < -0.4 is 5.32 Å². The molecule has 114 valence electrons. The molecule has 1 atom stereocenters. The molecule has 0 bridgehead atoms. The maximum Gasteiger partial charge on any atom is 0.336 e. The van der Waals surface area contributed by atoms with Gasteiger partial charge in [-0.3, -0.25) is 9.69 Å². The molecule has 8 heteroatoms. The van der Waals surface area contributed by atoms with Crippen molar-refractivity contribution in [3.63, 3.8) is 0 Å². The fraction of sp³-hybridized carbons (Fsp3) is 0.462. The molecule has 2 rings (SSSR count).